The number of aliphatic carboxylic acids is 1. The maximum absolute atomic E-state index is 9.71. The van der Waals surface area contributed by atoms with E-state index >= 15 is 0 Å². The highest BCUT2D eigenvalue weighted by Gasteiger charge is 1.89. The number of hydrogen-bond acceptors (Lipinski definition) is 1. The lowest BCUT2D eigenvalue weighted by Crippen LogP contribution is -1.90. The molecular formula is C13H22O2. The fraction of sp³-hybridized carbons (Fsp3) is 0.462. The van der Waals surface area contributed by atoms with Gasteiger partial charge < -0.3 is 5.11 Å². The summed E-state index contributed by atoms with van der Waals surface area (Å²) in [5.74, 6) is -0.764. The first kappa shape index (κ1) is 16.1. The van der Waals surface area contributed by atoms with Gasteiger partial charge in [0.05, 0.1) is 0 Å². The van der Waals surface area contributed by atoms with Gasteiger partial charge in [-0.2, -0.15) is 0 Å². The lowest BCUT2D eigenvalue weighted by molar-refractivity contribution is -0.136. The van der Waals surface area contributed by atoms with Crippen molar-refractivity contribution in [3.8, 4) is 0 Å². The van der Waals surface area contributed by atoms with Gasteiger partial charge in [-0.1, -0.05) is 37.3 Å². The molecule has 2 nitrogen and oxygen atoms in total. The van der Waals surface area contributed by atoms with E-state index < -0.39 is 5.97 Å². The molecule has 0 amide bonds. The predicted octanol–water partition coefficient (Wildman–Crippen LogP) is 3.96. The Labute approximate surface area is 93.0 Å². The normalized spacial score (nSPS) is 10.0. The number of carboxylic acid groups (broad SMARTS) is 1. The summed E-state index contributed by atoms with van der Waals surface area (Å²) in [6, 6.07) is 0. The third-order valence-corrected chi connectivity index (χ3v) is 1.47. The summed E-state index contributed by atoms with van der Waals surface area (Å²) >= 11 is 0. The van der Waals surface area contributed by atoms with Crippen LogP contribution in [0, 0.1) is 0 Å². The maximum atomic E-state index is 9.71. The molecule has 0 saturated heterocycles. The minimum absolute atomic E-state index is 0.198. The van der Waals surface area contributed by atoms with Gasteiger partial charge in [0.2, 0.25) is 0 Å². The van der Waals surface area contributed by atoms with Gasteiger partial charge in [0, 0.05) is 6.42 Å². The molecule has 86 valence electrons. The first-order chi connectivity index (χ1) is 7.18. The van der Waals surface area contributed by atoms with Gasteiger partial charge in [0.1, 0.15) is 0 Å². The Bertz CT molecular complexity index is 203. The van der Waals surface area contributed by atoms with Gasteiger partial charge in [-0.05, 0) is 26.2 Å². The molecule has 1 N–H and O–H groups in total. The number of allylic oxidation sites excluding steroid dienone is 5. The summed E-state index contributed by atoms with van der Waals surface area (Å²) in [5, 5.41) is 8.00. The zero-order valence-electron chi connectivity index (χ0n) is 9.78. The van der Waals surface area contributed by atoms with Crippen LogP contribution in [0.3, 0.4) is 0 Å². The van der Waals surface area contributed by atoms with E-state index in [2.05, 4.69) is 37.8 Å². The first-order valence-electron chi connectivity index (χ1n) is 5.27. The molecule has 0 unspecified atom stereocenters. The molecule has 15 heavy (non-hydrogen) atoms. The predicted molar refractivity (Wildman–Crippen MR) is 65.9 cm³/mol. The molecule has 0 rings (SSSR count). The van der Waals surface area contributed by atoms with Crippen LogP contribution in [0.25, 0.3) is 0 Å². The third-order valence-electron chi connectivity index (χ3n) is 1.47. The van der Waals surface area contributed by atoms with Gasteiger partial charge in [0.15, 0.2) is 0 Å². The Morgan fingerprint density at radius 2 is 2.00 bits per heavy atom. The van der Waals surface area contributed by atoms with Crippen molar-refractivity contribution in [3.63, 3.8) is 0 Å². The number of hydrogen-bond donors (Lipinski definition) is 1. The fourth-order valence-corrected chi connectivity index (χ4v) is 0.703. The van der Waals surface area contributed by atoms with E-state index in [4.69, 9.17) is 5.11 Å². The zero-order chi connectivity index (χ0) is 11.9. The minimum Gasteiger partial charge on any atom is -0.481 e. The lowest BCUT2D eigenvalue weighted by atomic mass is 10.3. The fourth-order valence-electron chi connectivity index (χ4n) is 0.703. The standard InChI is InChI=1S/C8H14.C5H8O2/c1-3-5-7-8-6-4-2;1-2-3-4-5(6)7/h3,5-6,8H,4,7H2,1-2H3;2H,1,3-4H2,(H,6,7)/b5-3-,8-6-;. The molecule has 0 aromatic carbocycles. The summed E-state index contributed by atoms with van der Waals surface area (Å²) in [6.07, 6.45) is 13.2. The van der Waals surface area contributed by atoms with E-state index in [1.807, 2.05) is 6.92 Å². The van der Waals surface area contributed by atoms with Crippen LogP contribution in [0.2, 0.25) is 0 Å². The molecule has 0 atom stereocenters. The highest BCUT2D eigenvalue weighted by atomic mass is 16.4. The van der Waals surface area contributed by atoms with E-state index in [1.54, 1.807) is 6.08 Å². The van der Waals surface area contributed by atoms with Crippen molar-refractivity contribution in [3.05, 3.63) is 37.0 Å². The SMILES string of the molecule is C/C=C\C/C=C\CC.C=CCCC(=O)O. The Hall–Kier alpha value is -1.31. The molecule has 0 aliphatic carbocycles. The number of carbonyl (C=O) groups is 1. The monoisotopic (exact) mass is 210 g/mol. The molecule has 0 saturated carbocycles. The number of carboxylic acids is 1. The van der Waals surface area contributed by atoms with Gasteiger partial charge in [-0.3, -0.25) is 4.79 Å². The van der Waals surface area contributed by atoms with Gasteiger partial charge in [-0.25, -0.2) is 0 Å². The van der Waals surface area contributed by atoms with E-state index in [0.717, 1.165) is 12.8 Å². The molecule has 0 heterocycles. The van der Waals surface area contributed by atoms with Gasteiger partial charge >= 0.3 is 5.97 Å². The molecule has 0 aromatic rings. The molecule has 0 aromatic heterocycles. The lowest BCUT2D eigenvalue weighted by Gasteiger charge is -1.82. The summed E-state index contributed by atoms with van der Waals surface area (Å²) < 4.78 is 0. The van der Waals surface area contributed by atoms with Crippen LogP contribution in [0.4, 0.5) is 0 Å². The Kier molecular flexibility index (Phi) is 16.3. The van der Waals surface area contributed by atoms with Crippen molar-refractivity contribution < 1.29 is 9.90 Å². The second kappa shape index (κ2) is 15.2. The van der Waals surface area contributed by atoms with Crippen LogP contribution < -0.4 is 0 Å². The van der Waals surface area contributed by atoms with Crippen LogP contribution in [0.15, 0.2) is 37.0 Å². The second-order valence-corrected chi connectivity index (χ2v) is 2.91. The van der Waals surface area contributed by atoms with Crippen LogP contribution in [0.1, 0.15) is 39.5 Å². The van der Waals surface area contributed by atoms with Crippen LogP contribution in [-0.2, 0) is 4.79 Å². The van der Waals surface area contributed by atoms with Crippen molar-refractivity contribution in [2.45, 2.75) is 39.5 Å². The smallest absolute Gasteiger partial charge is 0.303 e. The molecule has 2 heteroatoms. The highest BCUT2D eigenvalue weighted by Crippen LogP contribution is 1.87. The van der Waals surface area contributed by atoms with E-state index in [0.29, 0.717) is 6.42 Å². The van der Waals surface area contributed by atoms with Crippen molar-refractivity contribution in [2.24, 2.45) is 0 Å². The Morgan fingerprint density at radius 1 is 1.33 bits per heavy atom. The zero-order valence-corrected chi connectivity index (χ0v) is 9.78. The molecule has 0 spiro atoms. The largest absolute Gasteiger partial charge is 0.481 e. The molecular weight excluding hydrogens is 188 g/mol. The van der Waals surface area contributed by atoms with Gasteiger partial charge in [0.25, 0.3) is 0 Å². The van der Waals surface area contributed by atoms with Gasteiger partial charge in [-0.15, -0.1) is 6.58 Å². The summed E-state index contributed by atoms with van der Waals surface area (Å²) in [5.41, 5.74) is 0. The van der Waals surface area contributed by atoms with E-state index in [1.165, 1.54) is 0 Å². The average molecular weight is 210 g/mol. The maximum Gasteiger partial charge on any atom is 0.303 e. The van der Waals surface area contributed by atoms with Crippen molar-refractivity contribution in [1.82, 2.24) is 0 Å². The van der Waals surface area contributed by atoms with Crippen molar-refractivity contribution >= 4 is 5.97 Å². The van der Waals surface area contributed by atoms with Crippen molar-refractivity contribution in [1.29, 1.82) is 0 Å². The molecule has 0 aliphatic rings. The Balaban J connectivity index is 0. The average Bonchev–Trinajstić information content (AvgIpc) is 2.22. The van der Waals surface area contributed by atoms with Crippen LogP contribution in [0.5, 0.6) is 0 Å². The van der Waals surface area contributed by atoms with E-state index in [-0.39, 0.29) is 6.42 Å². The quantitative estimate of drug-likeness (QED) is 0.674. The summed E-state index contributed by atoms with van der Waals surface area (Å²) in [6.45, 7) is 7.56. The molecule has 0 aliphatic heterocycles. The highest BCUT2D eigenvalue weighted by molar-refractivity contribution is 5.66. The first-order valence-corrected chi connectivity index (χ1v) is 5.27. The Morgan fingerprint density at radius 3 is 2.33 bits per heavy atom. The van der Waals surface area contributed by atoms with Crippen LogP contribution in [-0.4, -0.2) is 11.1 Å². The van der Waals surface area contributed by atoms with E-state index in [9.17, 15) is 4.79 Å². The number of rotatable bonds is 6. The molecule has 0 fully saturated rings. The molecule has 0 bridgehead atoms. The topological polar surface area (TPSA) is 37.3 Å². The third kappa shape index (κ3) is 24.5. The summed E-state index contributed by atoms with van der Waals surface area (Å²) in [4.78, 5) is 9.71. The summed E-state index contributed by atoms with van der Waals surface area (Å²) in [7, 11) is 0. The van der Waals surface area contributed by atoms with Crippen molar-refractivity contribution in [2.75, 3.05) is 0 Å². The second-order valence-electron chi connectivity index (χ2n) is 2.91. The molecule has 0 radical (unpaired) electrons. The minimum atomic E-state index is -0.764. The van der Waals surface area contributed by atoms with Crippen LogP contribution >= 0.6 is 0 Å².